The smallest absolute Gasteiger partial charge is 0.220 e. The second kappa shape index (κ2) is 17.7. The van der Waals surface area contributed by atoms with E-state index in [9.17, 15) is 14.7 Å². The SMILES string of the molecule is CC(=O)NCCCCCC(=O)NCc1cccc(-c2ccc([C@H]3O[C@@H](CSc4nnc(C)s4)[C@@H](C)[C@@H](c4ccc(CO)cc4)O3)cc2)c1. The third-order valence-electron chi connectivity index (χ3n) is 8.39. The highest BCUT2D eigenvalue weighted by Gasteiger charge is 2.38. The van der Waals surface area contributed by atoms with Gasteiger partial charge in [-0.3, -0.25) is 9.59 Å². The van der Waals surface area contributed by atoms with Gasteiger partial charge in [0.05, 0.1) is 18.8 Å². The van der Waals surface area contributed by atoms with Gasteiger partial charge in [-0.05, 0) is 53.6 Å². The van der Waals surface area contributed by atoms with Crippen molar-refractivity contribution in [1.82, 2.24) is 20.8 Å². The van der Waals surface area contributed by atoms with Crippen molar-refractivity contribution >= 4 is 34.9 Å². The molecule has 0 aliphatic carbocycles. The van der Waals surface area contributed by atoms with Crippen LogP contribution < -0.4 is 10.6 Å². The van der Waals surface area contributed by atoms with Crippen LogP contribution in [-0.2, 0) is 32.2 Å². The first-order valence-electron chi connectivity index (χ1n) is 16.4. The number of unbranched alkanes of at least 4 members (excludes halogenated alkanes) is 2. The van der Waals surface area contributed by atoms with Crippen molar-refractivity contribution in [2.24, 2.45) is 5.92 Å². The number of hydrogen-bond acceptors (Lipinski definition) is 9. The minimum atomic E-state index is -0.550. The first kappa shape index (κ1) is 35.7. The fraction of sp³-hybridized carbons (Fsp3) is 0.405. The molecule has 1 saturated heterocycles. The number of nitrogens with zero attached hydrogens (tertiary/aromatic N) is 2. The lowest BCUT2D eigenvalue weighted by Gasteiger charge is -2.41. The normalized spacial score (nSPS) is 19.2. The number of hydrogen-bond donors (Lipinski definition) is 3. The molecule has 3 aromatic carbocycles. The van der Waals surface area contributed by atoms with Gasteiger partial charge in [0.15, 0.2) is 10.6 Å². The van der Waals surface area contributed by atoms with E-state index >= 15 is 0 Å². The molecule has 1 aromatic heterocycles. The van der Waals surface area contributed by atoms with E-state index in [2.05, 4.69) is 64.2 Å². The molecule has 48 heavy (non-hydrogen) atoms. The van der Waals surface area contributed by atoms with Crippen molar-refractivity contribution < 1.29 is 24.2 Å². The average Bonchev–Trinajstić information content (AvgIpc) is 3.53. The molecule has 1 aliphatic heterocycles. The highest BCUT2D eigenvalue weighted by molar-refractivity contribution is 8.01. The number of thioether (sulfide) groups is 1. The number of aliphatic hydroxyl groups excluding tert-OH is 1. The lowest BCUT2D eigenvalue weighted by molar-refractivity contribution is -0.268. The molecule has 254 valence electrons. The Bertz CT molecular complexity index is 1630. The Kier molecular flexibility index (Phi) is 13.2. The molecule has 0 unspecified atom stereocenters. The summed E-state index contributed by atoms with van der Waals surface area (Å²) in [5.41, 5.74) is 6.01. The minimum absolute atomic E-state index is 0.000547. The Labute approximate surface area is 290 Å². The largest absolute Gasteiger partial charge is 0.392 e. The summed E-state index contributed by atoms with van der Waals surface area (Å²) in [5, 5.41) is 24.7. The molecule has 11 heteroatoms. The van der Waals surface area contributed by atoms with E-state index in [1.807, 2.05) is 43.3 Å². The van der Waals surface area contributed by atoms with Gasteiger partial charge in [-0.25, -0.2) is 0 Å². The van der Waals surface area contributed by atoms with E-state index in [1.54, 1.807) is 23.1 Å². The van der Waals surface area contributed by atoms with E-state index in [4.69, 9.17) is 9.47 Å². The molecule has 9 nitrogen and oxygen atoms in total. The van der Waals surface area contributed by atoms with Gasteiger partial charge in [0.25, 0.3) is 0 Å². The molecule has 2 heterocycles. The Hall–Kier alpha value is -3.61. The predicted octanol–water partition coefficient (Wildman–Crippen LogP) is 6.90. The molecule has 5 rings (SSSR count). The number of nitrogens with one attached hydrogen (secondary N) is 2. The molecule has 0 spiro atoms. The molecule has 0 saturated carbocycles. The summed E-state index contributed by atoms with van der Waals surface area (Å²) < 4.78 is 14.2. The number of ether oxygens (including phenoxy) is 2. The number of aryl methyl sites for hydroxylation is 1. The van der Waals surface area contributed by atoms with E-state index in [-0.39, 0.29) is 36.5 Å². The van der Waals surface area contributed by atoms with Crippen LogP contribution in [0.15, 0.2) is 77.1 Å². The Balaban J connectivity index is 1.22. The zero-order chi connectivity index (χ0) is 33.9. The lowest BCUT2D eigenvalue weighted by atomic mass is 9.91. The van der Waals surface area contributed by atoms with Crippen molar-refractivity contribution in [3.8, 4) is 11.1 Å². The lowest BCUT2D eigenvalue weighted by Crippen LogP contribution is -2.38. The summed E-state index contributed by atoms with van der Waals surface area (Å²) in [7, 11) is 0. The molecular weight excluding hydrogens is 645 g/mol. The van der Waals surface area contributed by atoms with E-state index in [0.717, 1.165) is 67.7 Å². The first-order chi connectivity index (χ1) is 23.3. The first-order valence-corrected chi connectivity index (χ1v) is 18.2. The van der Waals surface area contributed by atoms with Gasteiger partial charge < -0.3 is 25.2 Å². The van der Waals surface area contributed by atoms with Gasteiger partial charge in [0, 0.05) is 43.7 Å². The number of aliphatic hydroxyl groups is 1. The van der Waals surface area contributed by atoms with Crippen LogP contribution in [0.5, 0.6) is 0 Å². The van der Waals surface area contributed by atoms with Crippen LogP contribution in [-0.4, -0.2) is 45.5 Å². The van der Waals surface area contributed by atoms with Crippen molar-refractivity contribution in [2.75, 3.05) is 12.3 Å². The van der Waals surface area contributed by atoms with Crippen LogP contribution in [0.25, 0.3) is 11.1 Å². The second-order valence-corrected chi connectivity index (χ2v) is 14.6. The van der Waals surface area contributed by atoms with Gasteiger partial charge in [-0.1, -0.05) is 103 Å². The number of carbonyl (C=O) groups excluding carboxylic acids is 2. The third-order valence-corrected chi connectivity index (χ3v) is 10.5. The molecule has 4 atom stereocenters. The van der Waals surface area contributed by atoms with Crippen LogP contribution in [0.1, 0.15) is 79.2 Å². The number of benzene rings is 3. The Morgan fingerprint density at radius 2 is 1.67 bits per heavy atom. The summed E-state index contributed by atoms with van der Waals surface area (Å²) in [6.45, 7) is 6.74. The van der Waals surface area contributed by atoms with Gasteiger partial charge >= 0.3 is 0 Å². The average molecular weight is 689 g/mol. The summed E-state index contributed by atoms with van der Waals surface area (Å²) in [5.74, 6) is 0.814. The quantitative estimate of drug-likeness (QED) is 0.0911. The highest BCUT2D eigenvalue weighted by Crippen LogP contribution is 2.43. The fourth-order valence-corrected chi connectivity index (χ4v) is 7.64. The molecule has 1 aliphatic rings. The van der Waals surface area contributed by atoms with Gasteiger partial charge in [-0.15, -0.1) is 10.2 Å². The Morgan fingerprint density at radius 1 is 0.896 bits per heavy atom. The predicted molar refractivity (Wildman–Crippen MR) is 189 cm³/mol. The highest BCUT2D eigenvalue weighted by atomic mass is 32.2. The van der Waals surface area contributed by atoms with Crippen LogP contribution in [0.3, 0.4) is 0 Å². The van der Waals surface area contributed by atoms with E-state index < -0.39 is 6.29 Å². The molecular formula is C37H44N4O5S2. The van der Waals surface area contributed by atoms with Gasteiger partial charge in [-0.2, -0.15) is 0 Å². The molecule has 0 radical (unpaired) electrons. The van der Waals surface area contributed by atoms with Crippen LogP contribution in [0.2, 0.25) is 0 Å². The van der Waals surface area contributed by atoms with Crippen molar-refractivity contribution in [2.45, 2.75) is 82.4 Å². The number of rotatable bonds is 15. The summed E-state index contributed by atoms with van der Waals surface area (Å²) in [6, 6.07) is 24.4. The number of amides is 2. The van der Waals surface area contributed by atoms with E-state index in [0.29, 0.717) is 19.5 Å². The summed E-state index contributed by atoms with van der Waals surface area (Å²) in [6.07, 6.45) is 2.22. The van der Waals surface area contributed by atoms with Crippen molar-refractivity contribution in [3.63, 3.8) is 0 Å². The second-order valence-electron chi connectivity index (χ2n) is 12.1. The maximum absolute atomic E-state index is 12.4. The van der Waals surface area contributed by atoms with Gasteiger partial charge in [0.2, 0.25) is 11.8 Å². The topological polar surface area (TPSA) is 123 Å². The molecule has 3 N–H and O–H groups in total. The van der Waals surface area contributed by atoms with E-state index in [1.165, 1.54) is 6.92 Å². The van der Waals surface area contributed by atoms with Crippen LogP contribution in [0.4, 0.5) is 0 Å². The maximum Gasteiger partial charge on any atom is 0.220 e. The van der Waals surface area contributed by atoms with Crippen molar-refractivity contribution in [1.29, 1.82) is 0 Å². The molecule has 4 aromatic rings. The standard InChI is InChI=1S/C37H44N4O5S2/c1-24-33(23-47-37-41-40-26(3)48-37)45-36(46-35(24)30-13-11-27(22-42)12-14-30)31-17-15-29(16-18-31)32-9-7-8-28(20-32)21-39-34(44)10-5-4-6-19-38-25(2)43/h7-9,11-18,20,24,33,35-36,42H,4-6,10,19,21-23H2,1-3H3,(H,38,43)(H,39,44)/t24-,33+,35+,36+/m1/s1. The fourth-order valence-electron chi connectivity index (χ4n) is 5.63. The third kappa shape index (κ3) is 10.2. The molecule has 0 bridgehead atoms. The zero-order valence-electron chi connectivity index (χ0n) is 27.7. The van der Waals surface area contributed by atoms with Crippen LogP contribution >= 0.6 is 23.1 Å². The minimum Gasteiger partial charge on any atom is -0.392 e. The number of carbonyl (C=O) groups is 2. The monoisotopic (exact) mass is 688 g/mol. The van der Waals surface area contributed by atoms with Gasteiger partial charge in [0.1, 0.15) is 5.01 Å². The molecule has 1 fully saturated rings. The summed E-state index contributed by atoms with van der Waals surface area (Å²) >= 11 is 3.24. The van der Waals surface area contributed by atoms with Crippen LogP contribution in [0, 0.1) is 12.8 Å². The Morgan fingerprint density at radius 3 is 2.38 bits per heavy atom. The molecule has 2 amide bonds. The summed E-state index contributed by atoms with van der Waals surface area (Å²) in [4.78, 5) is 23.3. The van der Waals surface area contributed by atoms with Crippen molar-refractivity contribution in [3.05, 3.63) is 100 Å². The maximum atomic E-state index is 12.4. The number of aromatic nitrogens is 2. The zero-order valence-corrected chi connectivity index (χ0v) is 29.3.